The first-order chi connectivity index (χ1) is 11.2. The van der Waals surface area contributed by atoms with Gasteiger partial charge in [0.2, 0.25) is 5.91 Å². The number of benzene rings is 1. The Morgan fingerprint density at radius 2 is 1.44 bits per heavy atom. The van der Waals surface area contributed by atoms with Gasteiger partial charge >= 0.3 is 5.97 Å². The molecule has 25 heavy (non-hydrogen) atoms. The topological polar surface area (TPSA) is 89.7 Å². The number of primary amides is 1. The number of nitrogens with two attached hydrogens (primary N) is 1. The van der Waals surface area contributed by atoms with Crippen molar-refractivity contribution in [1.82, 2.24) is 4.90 Å². The molecule has 0 aliphatic rings. The van der Waals surface area contributed by atoms with E-state index in [0.29, 0.717) is 6.54 Å². The summed E-state index contributed by atoms with van der Waals surface area (Å²) in [5, 5.41) is 0. The molecule has 0 spiro atoms. The lowest BCUT2D eigenvalue weighted by atomic mass is 9.95. The number of ether oxygens (including phenoxy) is 1. The fourth-order valence-electron chi connectivity index (χ4n) is 2.35. The average molecular weight is 348 g/mol. The SMILES string of the molecule is CN(CC(C)(C)C)C(=O)c1cc(C(N)=O)cc(C(=O)OC(C)(C)C)c1. The van der Waals surface area contributed by atoms with Crippen LogP contribution in [0.3, 0.4) is 0 Å². The predicted molar refractivity (Wildman–Crippen MR) is 96.5 cm³/mol. The van der Waals surface area contributed by atoms with E-state index in [2.05, 4.69) is 0 Å². The summed E-state index contributed by atoms with van der Waals surface area (Å²) in [5.41, 5.74) is 5.01. The average Bonchev–Trinajstić information content (AvgIpc) is 2.42. The molecule has 6 nitrogen and oxygen atoms in total. The molecule has 6 heteroatoms. The van der Waals surface area contributed by atoms with Gasteiger partial charge in [0.05, 0.1) is 5.56 Å². The molecule has 2 amide bonds. The molecule has 1 aromatic carbocycles. The number of nitrogens with zero attached hydrogens (tertiary/aromatic N) is 1. The first kappa shape index (κ1) is 20.7. The third-order valence-corrected chi connectivity index (χ3v) is 3.16. The summed E-state index contributed by atoms with van der Waals surface area (Å²) in [6.07, 6.45) is 0. The second kappa shape index (κ2) is 7.25. The second-order valence-electron chi connectivity index (χ2n) is 8.39. The molecule has 0 aromatic heterocycles. The number of hydrogen-bond acceptors (Lipinski definition) is 4. The molecular weight excluding hydrogens is 320 g/mol. The molecule has 138 valence electrons. The number of amides is 2. The molecule has 0 atom stereocenters. The van der Waals surface area contributed by atoms with Crippen molar-refractivity contribution in [3.63, 3.8) is 0 Å². The second-order valence-corrected chi connectivity index (χ2v) is 8.39. The number of hydrogen-bond donors (Lipinski definition) is 1. The van der Waals surface area contributed by atoms with Crippen LogP contribution in [0.2, 0.25) is 0 Å². The molecular formula is C19H28N2O4. The molecule has 0 saturated heterocycles. The molecule has 0 aliphatic carbocycles. The highest BCUT2D eigenvalue weighted by atomic mass is 16.6. The van der Waals surface area contributed by atoms with E-state index in [9.17, 15) is 14.4 Å². The van der Waals surface area contributed by atoms with Gasteiger partial charge in [0.1, 0.15) is 5.60 Å². The van der Waals surface area contributed by atoms with Crippen LogP contribution in [0, 0.1) is 5.41 Å². The molecule has 0 saturated carbocycles. The fourth-order valence-corrected chi connectivity index (χ4v) is 2.35. The van der Waals surface area contributed by atoms with Crippen LogP contribution in [0.15, 0.2) is 18.2 Å². The van der Waals surface area contributed by atoms with Gasteiger partial charge in [-0.2, -0.15) is 0 Å². The maximum atomic E-state index is 12.7. The normalized spacial score (nSPS) is 11.8. The maximum absolute atomic E-state index is 12.7. The number of esters is 1. The van der Waals surface area contributed by atoms with Gasteiger partial charge in [0.15, 0.2) is 0 Å². The Morgan fingerprint density at radius 3 is 1.88 bits per heavy atom. The summed E-state index contributed by atoms with van der Waals surface area (Å²) in [6.45, 7) is 11.8. The van der Waals surface area contributed by atoms with E-state index in [1.165, 1.54) is 18.2 Å². The highest BCUT2D eigenvalue weighted by molar-refractivity contribution is 6.03. The molecule has 1 rings (SSSR count). The van der Waals surface area contributed by atoms with Crippen molar-refractivity contribution < 1.29 is 19.1 Å². The number of carbonyl (C=O) groups is 3. The Bertz CT molecular complexity index is 682. The standard InChI is InChI=1S/C19H28N2O4/c1-18(2,3)11-21(7)16(23)13-8-12(15(20)22)9-14(10-13)17(24)25-19(4,5)6/h8-10H,11H2,1-7H3,(H2,20,22). The summed E-state index contributed by atoms with van der Waals surface area (Å²) in [5.74, 6) is -1.61. The van der Waals surface area contributed by atoms with Crippen LogP contribution < -0.4 is 5.73 Å². The van der Waals surface area contributed by atoms with Gasteiger partial charge in [-0.3, -0.25) is 9.59 Å². The zero-order chi connectivity index (χ0) is 19.6. The van der Waals surface area contributed by atoms with Crippen LogP contribution in [0.1, 0.15) is 72.6 Å². The predicted octanol–water partition coefficient (Wildman–Crippen LogP) is 2.86. The van der Waals surface area contributed by atoms with Crippen molar-refractivity contribution in [1.29, 1.82) is 0 Å². The summed E-state index contributed by atoms with van der Waals surface area (Å²) < 4.78 is 5.32. The van der Waals surface area contributed by atoms with Gasteiger partial charge in [0, 0.05) is 24.7 Å². The lowest BCUT2D eigenvalue weighted by Gasteiger charge is -2.27. The van der Waals surface area contributed by atoms with Crippen molar-refractivity contribution in [2.45, 2.75) is 47.1 Å². The molecule has 0 bridgehead atoms. The van der Waals surface area contributed by atoms with Gasteiger partial charge in [0.25, 0.3) is 5.91 Å². The number of carbonyl (C=O) groups excluding carboxylic acids is 3. The Labute approximate surface area is 149 Å². The van der Waals surface area contributed by atoms with Gasteiger partial charge in [-0.05, 0) is 44.4 Å². The summed E-state index contributed by atoms with van der Waals surface area (Å²) in [4.78, 5) is 38.1. The highest BCUT2D eigenvalue weighted by Crippen LogP contribution is 2.19. The van der Waals surface area contributed by atoms with Crippen LogP contribution in [0.4, 0.5) is 0 Å². The smallest absolute Gasteiger partial charge is 0.338 e. The molecule has 1 aromatic rings. The van der Waals surface area contributed by atoms with Gasteiger partial charge in [-0.1, -0.05) is 20.8 Å². The third-order valence-electron chi connectivity index (χ3n) is 3.16. The quantitative estimate of drug-likeness (QED) is 0.847. The van der Waals surface area contributed by atoms with Crippen LogP contribution in [-0.2, 0) is 4.74 Å². The minimum atomic E-state index is -0.710. The Hall–Kier alpha value is -2.37. The van der Waals surface area contributed by atoms with Crippen molar-refractivity contribution in [2.75, 3.05) is 13.6 Å². The van der Waals surface area contributed by atoms with E-state index < -0.39 is 17.5 Å². The largest absolute Gasteiger partial charge is 0.456 e. The van der Waals surface area contributed by atoms with E-state index in [-0.39, 0.29) is 28.0 Å². The van der Waals surface area contributed by atoms with Gasteiger partial charge < -0.3 is 15.4 Å². The lowest BCUT2D eigenvalue weighted by Crippen LogP contribution is -2.34. The van der Waals surface area contributed by atoms with Crippen LogP contribution >= 0.6 is 0 Å². The molecule has 0 radical (unpaired) electrons. The Morgan fingerprint density at radius 1 is 0.960 bits per heavy atom. The van der Waals surface area contributed by atoms with Gasteiger partial charge in [-0.25, -0.2) is 4.79 Å². The molecule has 0 unspecified atom stereocenters. The molecule has 0 aliphatic heterocycles. The van der Waals surface area contributed by atoms with Crippen molar-refractivity contribution >= 4 is 17.8 Å². The summed E-state index contributed by atoms with van der Waals surface area (Å²) in [7, 11) is 1.68. The monoisotopic (exact) mass is 348 g/mol. The number of rotatable bonds is 4. The lowest BCUT2D eigenvalue weighted by molar-refractivity contribution is 0.00694. The summed E-state index contributed by atoms with van der Waals surface area (Å²) in [6, 6.07) is 4.18. The Balaban J connectivity index is 3.25. The first-order valence-corrected chi connectivity index (χ1v) is 8.13. The fraction of sp³-hybridized carbons (Fsp3) is 0.526. The third kappa shape index (κ3) is 6.57. The van der Waals surface area contributed by atoms with Crippen molar-refractivity contribution in [2.24, 2.45) is 11.1 Å². The van der Waals surface area contributed by atoms with E-state index in [1.807, 2.05) is 20.8 Å². The highest BCUT2D eigenvalue weighted by Gasteiger charge is 2.23. The molecule has 2 N–H and O–H groups in total. The van der Waals surface area contributed by atoms with E-state index in [4.69, 9.17) is 10.5 Å². The van der Waals surface area contributed by atoms with Crippen LogP contribution in [0.25, 0.3) is 0 Å². The van der Waals surface area contributed by atoms with Crippen LogP contribution in [0.5, 0.6) is 0 Å². The van der Waals surface area contributed by atoms with E-state index in [0.717, 1.165) is 0 Å². The molecule has 0 heterocycles. The summed E-state index contributed by atoms with van der Waals surface area (Å²) >= 11 is 0. The minimum Gasteiger partial charge on any atom is -0.456 e. The molecule has 0 fully saturated rings. The Kier molecular flexibility index (Phi) is 6.00. The van der Waals surface area contributed by atoms with Crippen molar-refractivity contribution in [3.05, 3.63) is 34.9 Å². The van der Waals surface area contributed by atoms with E-state index >= 15 is 0 Å². The van der Waals surface area contributed by atoms with Crippen LogP contribution in [-0.4, -0.2) is 41.9 Å². The van der Waals surface area contributed by atoms with Gasteiger partial charge in [-0.15, -0.1) is 0 Å². The maximum Gasteiger partial charge on any atom is 0.338 e. The van der Waals surface area contributed by atoms with E-state index in [1.54, 1.807) is 32.7 Å². The van der Waals surface area contributed by atoms with Crippen molar-refractivity contribution in [3.8, 4) is 0 Å². The zero-order valence-electron chi connectivity index (χ0n) is 16.1. The minimum absolute atomic E-state index is 0.0836. The first-order valence-electron chi connectivity index (χ1n) is 8.13. The zero-order valence-corrected chi connectivity index (χ0v) is 16.1.